The van der Waals surface area contributed by atoms with Gasteiger partial charge in [-0.1, -0.05) is 18.2 Å². The third kappa shape index (κ3) is 3.31. The molecule has 1 atom stereocenters. The first kappa shape index (κ1) is 20.5. The van der Waals surface area contributed by atoms with Crippen LogP contribution in [0.15, 0.2) is 38.8 Å². The molecular weight excluding hydrogens is 408 g/mol. The van der Waals surface area contributed by atoms with Crippen molar-refractivity contribution in [2.24, 2.45) is 17.8 Å². The van der Waals surface area contributed by atoms with Crippen molar-refractivity contribution >= 4 is 28.6 Å². The van der Waals surface area contributed by atoms with Crippen LogP contribution in [0.2, 0.25) is 0 Å². The third-order valence-electron chi connectivity index (χ3n) is 6.31. The summed E-state index contributed by atoms with van der Waals surface area (Å²) in [5.74, 6) is 1.29. The fourth-order valence-electron chi connectivity index (χ4n) is 4.63. The molecule has 0 bridgehead atoms. The van der Waals surface area contributed by atoms with Gasteiger partial charge in [-0.15, -0.1) is 0 Å². The molecule has 2 aliphatic rings. The third-order valence-corrected chi connectivity index (χ3v) is 6.31. The zero-order chi connectivity index (χ0) is 22.4. The minimum atomic E-state index is -0.409. The van der Waals surface area contributed by atoms with Crippen LogP contribution in [0, 0.1) is 0 Å². The standard InChI is InChI=1S/C22H28N8O2/c1-3-29-18-19(26-21(29)28-10-6-8-15(23)12-28)27(2)22(32)30(20(18)31)13-17-24-11-14-7-4-5-9-16(14)25-17/h4-5,7,9,15H,3,6,8,10-13,23H2,1-2H3,(H,24,25). The summed E-state index contributed by atoms with van der Waals surface area (Å²) in [4.78, 5) is 38.0. The molecule has 32 heavy (non-hydrogen) atoms. The monoisotopic (exact) mass is 436 g/mol. The number of aliphatic imine (C=N–C) groups is 1. The van der Waals surface area contributed by atoms with Gasteiger partial charge in [0.15, 0.2) is 11.2 Å². The number of nitrogens with two attached hydrogens (primary N) is 1. The van der Waals surface area contributed by atoms with E-state index in [2.05, 4.69) is 15.2 Å². The van der Waals surface area contributed by atoms with Crippen LogP contribution in [0.4, 0.5) is 11.6 Å². The first-order valence-corrected chi connectivity index (χ1v) is 11.1. The summed E-state index contributed by atoms with van der Waals surface area (Å²) in [5, 5.41) is 3.26. The number of amidine groups is 1. The number of aromatic nitrogens is 4. The van der Waals surface area contributed by atoms with Gasteiger partial charge >= 0.3 is 5.69 Å². The maximum absolute atomic E-state index is 13.5. The molecule has 0 radical (unpaired) electrons. The number of rotatable bonds is 4. The van der Waals surface area contributed by atoms with Crippen LogP contribution < -0.4 is 27.2 Å². The van der Waals surface area contributed by atoms with Crippen molar-refractivity contribution in [3.8, 4) is 0 Å². The number of para-hydroxylation sites is 1. The summed E-state index contributed by atoms with van der Waals surface area (Å²) in [5.41, 5.74) is 8.28. The molecule has 4 heterocycles. The number of imidazole rings is 1. The van der Waals surface area contributed by atoms with Crippen LogP contribution in [0.3, 0.4) is 0 Å². The molecule has 168 valence electrons. The van der Waals surface area contributed by atoms with E-state index in [1.807, 2.05) is 35.8 Å². The summed E-state index contributed by atoms with van der Waals surface area (Å²) in [6, 6.07) is 7.96. The van der Waals surface area contributed by atoms with E-state index >= 15 is 0 Å². The van der Waals surface area contributed by atoms with Crippen molar-refractivity contribution in [3.05, 3.63) is 50.7 Å². The van der Waals surface area contributed by atoms with Gasteiger partial charge in [0.05, 0.1) is 13.1 Å². The van der Waals surface area contributed by atoms with Crippen LogP contribution in [-0.2, 0) is 26.7 Å². The minimum absolute atomic E-state index is 0.0765. The summed E-state index contributed by atoms with van der Waals surface area (Å²) in [7, 11) is 1.66. The number of hydrogen-bond donors (Lipinski definition) is 2. The molecule has 10 heteroatoms. The van der Waals surface area contributed by atoms with E-state index in [1.54, 1.807) is 7.05 Å². The fraction of sp³-hybridized carbons (Fsp3) is 0.455. The molecule has 0 amide bonds. The first-order chi connectivity index (χ1) is 15.5. The van der Waals surface area contributed by atoms with Gasteiger partial charge in [0.1, 0.15) is 5.84 Å². The Bertz CT molecular complexity index is 1330. The summed E-state index contributed by atoms with van der Waals surface area (Å²) >= 11 is 0. The van der Waals surface area contributed by atoms with Crippen molar-refractivity contribution in [3.63, 3.8) is 0 Å². The lowest BCUT2D eigenvalue weighted by Gasteiger charge is -2.31. The first-order valence-electron chi connectivity index (χ1n) is 11.1. The maximum atomic E-state index is 13.5. The Morgan fingerprint density at radius 1 is 1.22 bits per heavy atom. The molecule has 0 aliphatic carbocycles. The molecular formula is C22H28N8O2. The normalized spacial score (nSPS) is 18.4. The zero-order valence-corrected chi connectivity index (χ0v) is 18.4. The van der Waals surface area contributed by atoms with Gasteiger partial charge in [-0.2, -0.15) is 4.98 Å². The second-order valence-electron chi connectivity index (χ2n) is 8.45. The quantitative estimate of drug-likeness (QED) is 0.627. The maximum Gasteiger partial charge on any atom is 0.332 e. The van der Waals surface area contributed by atoms with Crippen molar-refractivity contribution < 1.29 is 0 Å². The highest BCUT2D eigenvalue weighted by atomic mass is 16.2. The zero-order valence-electron chi connectivity index (χ0n) is 18.4. The lowest BCUT2D eigenvalue weighted by Crippen LogP contribution is -2.44. The highest BCUT2D eigenvalue weighted by molar-refractivity contribution is 5.97. The van der Waals surface area contributed by atoms with E-state index in [1.165, 1.54) is 9.13 Å². The predicted octanol–water partition coefficient (Wildman–Crippen LogP) is 0.868. The number of hydrogen-bond acceptors (Lipinski definition) is 7. The van der Waals surface area contributed by atoms with Crippen molar-refractivity contribution in [1.82, 2.24) is 18.7 Å². The molecule has 0 spiro atoms. The molecule has 1 aromatic carbocycles. The highest BCUT2D eigenvalue weighted by Crippen LogP contribution is 2.23. The van der Waals surface area contributed by atoms with E-state index in [0.29, 0.717) is 42.6 Å². The number of fused-ring (bicyclic) bond motifs is 2. The Kier molecular flexibility index (Phi) is 5.09. The Morgan fingerprint density at radius 3 is 2.81 bits per heavy atom. The van der Waals surface area contributed by atoms with Crippen LogP contribution >= 0.6 is 0 Å². The van der Waals surface area contributed by atoms with E-state index in [0.717, 1.165) is 30.6 Å². The number of anilines is 2. The Balaban J connectivity index is 1.58. The summed E-state index contributed by atoms with van der Waals surface area (Å²) in [6.07, 6.45) is 1.95. The molecule has 10 nitrogen and oxygen atoms in total. The van der Waals surface area contributed by atoms with E-state index in [-0.39, 0.29) is 18.1 Å². The number of nitrogens with one attached hydrogen (secondary N) is 1. The number of aryl methyl sites for hydroxylation is 2. The smallest absolute Gasteiger partial charge is 0.332 e. The Labute approximate surface area is 185 Å². The lowest BCUT2D eigenvalue weighted by molar-refractivity contribution is 0.494. The average Bonchev–Trinajstić information content (AvgIpc) is 3.20. The topological polar surface area (TPSA) is 115 Å². The SMILES string of the molecule is CCn1c(N2CCCC(N)C2)nc2c1c(=O)n(CC1=NCc3ccccc3N1)c(=O)n2C. The van der Waals surface area contributed by atoms with Gasteiger partial charge in [-0.25, -0.2) is 4.79 Å². The van der Waals surface area contributed by atoms with Gasteiger partial charge in [-0.3, -0.25) is 18.9 Å². The van der Waals surface area contributed by atoms with Gasteiger partial charge in [0.2, 0.25) is 5.95 Å². The predicted molar refractivity (Wildman–Crippen MR) is 126 cm³/mol. The minimum Gasteiger partial charge on any atom is -0.342 e. The average molecular weight is 437 g/mol. The second-order valence-corrected chi connectivity index (χ2v) is 8.45. The molecule has 1 unspecified atom stereocenters. The summed E-state index contributed by atoms with van der Waals surface area (Å²) in [6.45, 7) is 4.66. The van der Waals surface area contributed by atoms with Gasteiger partial charge in [0, 0.05) is 38.4 Å². The van der Waals surface area contributed by atoms with Crippen LogP contribution in [-0.4, -0.2) is 43.7 Å². The van der Waals surface area contributed by atoms with Gasteiger partial charge in [-0.05, 0) is 31.4 Å². The largest absolute Gasteiger partial charge is 0.342 e. The van der Waals surface area contributed by atoms with E-state index < -0.39 is 5.69 Å². The van der Waals surface area contributed by atoms with E-state index in [4.69, 9.17) is 10.7 Å². The molecule has 1 fully saturated rings. The fourth-order valence-corrected chi connectivity index (χ4v) is 4.63. The molecule has 2 aromatic heterocycles. The van der Waals surface area contributed by atoms with Crippen molar-refractivity contribution in [2.75, 3.05) is 23.3 Å². The molecule has 5 rings (SSSR count). The number of piperidine rings is 1. The second kappa shape index (κ2) is 7.94. The van der Waals surface area contributed by atoms with E-state index in [9.17, 15) is 9.59 Å². The van der Waals surface area contributed by atoms with Gasteiger partial charge < -0.3 is 20.5 Å². The Hall–Kier alpha value is -3.40. The molecule has 0 saturated carbocycles. The Morgan fingerprint density at radius 2 is 2.03 bits per heavy atom. The number of benzene rings is 1. The van der Waals surface area contributed by atoms with Crippen molar-refractivity contribution in [2.45, 2.75) is 45.4 Å². The molecule has 2 aliphatic heterocycles. The highest BCUT2D eigenvalue weighted by Gasteiger charge is 2.26. The van der Waals surface area contributed by atoms with Gasteiger partial charge in [0.25, 0.3) is 5.56 Å². The lowest BCUT2D eigenvalue weighted by atomic mass is 10.1. The summed E-state index contributed by atoms with van der Waals surface area (Å²) < 4.78 is 4.59. The van der Waals surface area contributed by atoms with Crippen LogP contribution in [0.5, 0.6) is 0 Å². The molecule has 1 saturated heterocycles. The number of nitrogens with zero attached hydrogens (tertiary/aromatic N) is 6. The van der Waals surface area contributed by atoms with Crippen LogP contribution in [0.1, 0.15) is 25.3 Å². The van der Waals surface area contributed by atoms with Crippen molar-refractivity contribution in [1.29, 1.82) is 0 Å². The molecule has 3 N–H and O–H groups in total. The van der Waals surface area contributed by atoms with Crippen LogP contribution in [0.25, 0.3) is 11.2 Å². The molecule has 3 aromatic rings.